The smallest absolute Gasteiger partial charge is 0.242 e. The number of anilines is 1. The van der Waals surface area contributed by atoms with Gasteiger partial charge in [-0.25, -0.2) is 9.67 Å². The zero-order valence-electron chi connectivity index (χ0n) is 10.7. The van der Waals surface area contributed by atoms with Crippen molar-refractivity contribution in [1.82, 2.24) is 19.7 Å². The van der Waals surface area contributed by atoms with Gasteiger partial charge in [0.1, 0.15) is 12.0 Å². The van der Waals surface area contributed by atoms with Gasteiger partial charge in [0.15, 0.2) is 4.60 Å². The number of carbonyl (C=O) groups excluding carboxylic acids is 1. The maximum absolute atomic E-state index is 11.4. The summed E-state index contributed by atoms with van der Waals surface area (Å²) in [5.74, 6) is 0.318. The van der Waals surface area contributed by atoms with Gasteiger partial charge in [-0.05, 0) is 15.9 Å². The molecule has 0 aliphatic heterocycles. The van der Waals surface area contributed by atoms with Crippen molar-refractivity contribution in [3.63, 3.8) is 0 Å². The van der Waals surface area contributed by atoms with E-state index in [1.807, 2.05) is 0 Å². The third-order valence-electron chi connectivity index (χ3n) is 2.58. The Hall–Kier alpha value is -1.96. The molecule has 2 rings (SSSR count). The molecule has 2 heterocycles. The molecule has 0 bridgehead atoms. The van der Waals surface area contributed by atoms with E-state index >= 15 is 0 Å². The van der Waals surface area contributed by atoms with E-state index in [1.54, 1.807) is 24.1 Å². The lowest BCUT2D eigenvalue weighted by atomic mass is 10.4. The number of rotatable bonds is 3. The highest BCUT2D eigenvalue weighted by atomic mass is 79.9. The molecule has 0 N–H and O–H groups in total. The van der Waals surface area contributed by atoms with Crippen molar-refractivity contribution in [2.75, 3.05) is 19.1 Å². The van der Waals surface area contributed by atoms with E-state index in [2.05, 4.69) is 31.0 Å². The molecule has 19 heavy (non-hydrogen) atoms. The summed E-state index contributed by atoms with van der Waals surface area (Å²) < 4.78 is 7.25. The van der Waals surface area contributed by atoms with Crippen LogP contribution in [0.3, 0.4) is 0 Å². The summed E-state index contributed by atoms with van der Waals surface area (Å²) in [6.45, 7) is 1.48. The number of aromatic nitrogens is 4. The second-order valence-electron chi connectivity index (χ2n) is 3.75. The van der Waals surface area contributed by atoms with Crippen LogP contribution in [0.1, 0.15) is 6.92 Å². The van der Waals surface area contributed by atoms with Gasteiger partial charge in [-0.3, -0.25) is 4.79 Å². The SMILES string of the molecule is COc1ncncc1-n1cc(N(C)C(C)=O)c(Br)n1. The van der Waals surface area contributed by atoms with Gasteiger partial charge in [-0.1, -0.05) is 0 Å². The molecule has 2 aromatic rings. The van der Waals surface area contributed by atoms with Crippen LogP contribution in [0, 0.1) is 0 Å². The molecule has 1 amide bonds. The molecule has 2 aromatic heterocycles. The average molecular weight is 326 g/mol. The van der Waals surface area contributed by atoms with Gasteiger partial charge in [-0.15, -0.1) is 0 Å². The Balaban J connectivity index is 2.48. The summed E-state index contributed by atoms with van der Waals surface area (Å²) in [7, 11) is 3.19. The van der Waals surface area contributed by atoms with E-state index in [9.17, 15) is 4.79 Å². The van der Waals surface area contributed by atoms with E-state index in [-0.39, 0.29) is 5.91 Å². The fourth-order valence-electron chi connectivity index (χ4n) is 1.49. The highest BCUT2D eigenvalue weighted by Crippen LogP contribution is 2.27. The largest absolute Gasteiger partial charge is 0.479 e. The van der Waals surface area contributed by atoms with Crippen molar-refractivity contribution in [1.29, 1.82) is 0 Å². The van der Waals surface area contributed by atoms with E-state index in [0.717, 1.165) is 0 Å². The van der Waals surface area contributed by atoms with Gasteiger partial charge in [0, 0.05) is 14.0 Å². The van der Waals surface area contributed by atoms with Crippen LogP contribution in [0.15, 0.2) is 23.3 Å². The number of hydrogen-bond acceptors (Lipinski definition) is 5. The van der Waals surface area contributed by atoms with Crippen molar-refractivity contribution in [2.45, 2.75) is 6.92 Å². The number of methoxy groups -OCH3 is 1. The van der Waals surface area contributed by atoms with Crippen LogP contribution in [0.2, 0.25) is 0 Å². The van der Waals surface area contributed by atoms with Gasteiger partial charge >= 0.3 is 0 Å². The molecule has 0 atom stereocenters. The molecular formula is C11H12BrN5O2. The quantitative estimate of drug-likeness (QED) is 0.853. The van der Waals surface area contributed by atoms with Gasteiger partial charge < -0.3 is 9.64 Å². The van der Waals surface area contributed by atoms with E-state index in [1.165, 1.54) is 25.3 Å². The molecule has 100 valence electrons. The Morgan fingerprint density at radius 1 is 1.53 bits per heavy atom. The van der Waals surface area contributed by atoms with Crippen molar-refractivity contribution in [2.24, 2.45) is 0 Å². The Morgan fingerprint density at radius 3 is 2.89 bits per heavy atom. The first-order valence-corrected chi connectivity index (χ1v) is 6.17. The lowest BCUT2D eigenvalue weighted by molar-refractivity contribution is -0.116. The summed E-state index contributed by atoms with van der Waals surface area (Å²) in [4.78, 5) is 20.8. The summed E-state index contributed by atoms with van der Waals surface area (Å²) >= 11 is 3.32. The van der Waals surface area contributed by atoms with Crippen LogP contribution in [0.4, 0.5) is 5.69 Å². The number of amides is 1. The fraction of sp³-hybridized carbons (Fsp3) is 0.273. The zero-order valence-corrected chi connectivity index (χ0v) is 12.2. The summed E-state index contributed by atoms with van der Waals surface area (Å²) in [6, 6.07) is 0. The fourth-order valence-corrected chi connectivity index (χ4v) is 2.03. The molecule has 7 nitrogen and oxygen atoms in total. The molecule has 8 heteroatoms. The van der Waals surface area contributed by atoms with Crippen molar-refractivity contribution >= 4 is 27.5 Å². The lowest BCUT2D eigenvalue weighted by Crippen LogP contribution is -2.22. The number of halogens is 1. The highest BCUT2D eigenvalue weighted by molar-refractivity contribution is 9.10. The van der Waals surface area contributed by atoms with Crippen LogP contribution in [0.25, 0.3) is 5.69 Å². The van der Waals surface area contributed by atoms with Crippen molar-refractivity contribution in [3.8, 4) is 11.6 Å². The van der Waals surface area contributed by atoms with Crippen LogP contribution in [-0.4, -0.2) is 39.8 Å². The number of hydrogen-bond donors (Lipinski definition) is 0. The third-order valence-corrected chi connectivity index (χ3v) is 3.15. The summed E-state index contributed by atoms with van der Waals surface area (Å²) in [6.07, 6.45) is 4.68. The lowest BCUT2D eigenvalue weighted by Gasteiger charge is -2.12. The number of carbonyl (C=O) groups is 1. The highest BCUT2D eigenvalue weighted by Gasteiger charge is 2.16. The predicted molar refractivity (Wildman–Crippen MR) is 72.5 cm³/mol. The normalized spacial score (nSPS) is 10.3. The van der Waals surface area contributed by atoms with Crippen LogP contribution in [-0.2, 0) is 4.79 Å². The molecular weight excluding hydrogens is 314 g/mol. The van der Waals surface area contributed by atoms with Gasteiger partial charge in [0.25, 0.3) is 0 Å². The molecule has 0 fully saturated rings. The van der Waals surface area contributed by atoms with Crippen LogP contribution >= 0.6 is 15.9 Å². The minimum Gasteiger partial charge on any atom is -0.479 e. The van der Waals surface area contributed by atoms with E-state index in [0.29, 0.717) is 21.9 Å². The number of ether oxygens (including phenoxy) is 1. The standard InChI is InChI=1S/C11H12BrN5O2/c1-7(18)16(2)9-5-17(15-10(9)12)8-4-13-6-14-11(8)19-3/h4-6H,1-3H3. The van der Waals surface area contributed by atoms with E-state index in [4.69, 9.17) is 4.74 Å². The minimum absolute atomic E-state index is 0.0865. The van der Waals surface area contributed by atoms with Gasteiger partial charge in [0.2, 0.25) is 11.8 Å². The van der Waals surface area contributed by atoms with Gasteiger partial charge in [0.05, 0.1) is 25.2 Å². The zero-order chi connectivity index (χ0) is 14.0. The first-order chi connectivity index (χ1) is 9.04. The van der Waals surface area contributed by atoms with Crippen LogP contribution < -0.4 is 9.64 Å². The molecule has 0 saturated heterocycles. The Bertz CT molecular complexity index is 613. The molecule has 0 unspecified atom stereocenters. The predicted octanol–water partition coefficient (Wildman–Crippen LogP) is 1.42. The van der Waals surface area contributed by atoms with Gasteiger partial charge in [-0.2, -0.15) is 10.1 Å². The second-order valence-corrected chi connectivity index (χ2v) is 4.50. The second kappa shape index (κ2) is 5.35. The average Bonchev–Trinajstić information content (AvgIpc) is 2.79. The Morgan fingerprint density at radius 2 is 2.26 bits per heavy atom. The van der Waals surface area contributed by atoms with Crippen molar-refractivity contribution in [3.05, 3.63) is 23.3 Å². The van der Waals surface area contributed by atoms with E-state index < -0.39 is 0 Å². The first kappa shape index (κ1) is 13.5. The molecule has 0 aromatic carbocycles. The van der Waals surface area contributed by atoms with Crippen molar-refractivity contribution < 1.29 is 9.53 Å². The molecule has 0 aliphatic rings. The summed E-state index contributed by atoms with van der Waals surface area (Å²) in [5, 5.41) is 4.27. The monoisotopic (exact) mass is 325 g/mol. The molecule has 0 aliphatic carbocycles. The third kappa shape index (κ3) is 2.58. The molecule has 0 radical (unpaired) electrons. The molecule has 0 saturated carbocycles. The first-order valence-electron chi connectivity index (χ1n) is 5.38. The van der Waals surface area contributed by atoms with Crippen LogP contribution in [0.5, 0.6) is 5.88 Å². The maximum Gasteiger partial charge on any atom is 0.242 e. The topological polar surface area (TPSA) is 73.1 Å². The summed E-state index contributed by atoms with van der Waals surface area (Å²) in [5.41, 5.74) is 1.24. The number of nitrogens with zero attached hydrogens (tertiary/aromatic N) is 5. The Kier molecular flexibility index (Phi) is 3.79. The maximum atomic E-state index is 11.4. The minimum atomic E-state index is -0.0865. The molecule has 0 spiro atoms. The Labute approximate surface area is 118 Å².